The first-order valence-corrected chi connectivity index (χ1v) is 11.0. The van der Waals surface area contributed by atoms with Crippen LogP contribution in [0.15, 0.2) is 42.6 Å². The first-order valence-electron chi connectivity index (χ1n) is 11.0. The lowest BCUT2D eigenvalue weighted by molar-refractivity contribution is 0.0542. The molecule has 0 bridgehead atoms. The minimum absolute atomic E-state index is 0.000308. The SMILES string of the molecule is CCN1CC(C)(C)Oc2nc(N)nc(-c3ccc(NC(=O)Nc4cc(OC)ccn4)cc3)c2C1=O. The molecule has 0 saturated heterocycles. The number of anilines is 3. The number of aromatic nitrogens is 3. The molecule has 2 aromatic heterocycles. The van der Waals surface area contributed by atoms with Crippen molar-refractivity contribution in [1.29, 1.82) is 0 Å². The Balaban J connectivity index is 1.59. The summed E-state index contributed by atoms with van der Waals surface area (Å²) < 4.78 is 11.2. The Morgan fingerprint density at radius 1 is 1.20 bits per heavy atom. The average Bonchev–Trinajstić information content (AvgIpc) is 2.91. The second-order valence-electron chi connectivity index (χ2n) is 8.53. The summed E-state index contributed by atoms with van der Waals surface area (Å²) in [6.45, 7) is 6.60. The lowest BCUT2D eigenvalue weighted by Crippen LogP contribution is -2.42. The van der Waals surface area contributed by atoms with Crippen LogP contribution >= 0.6 is 0 Å². The number of nitrogens with two attached hydrogens (primary N) is 1. The molecule has 0 atom stereocenters. The van der Waals surface area contributed by atoms with Crippen LogP contribution in [0.5, 0.6) is 11.6 Å². The number of hydrogen-bond donors (Lipinski definition) is 3. The van der Waals surface area contributed by atoms with E-state index in [1.54, 1.807) is 41.3 Å². The van der Waals surface area contributed by atoms with Crippen molar-refractivity contribution in [2.45, 2.75) is 26.4 Å². The maximum Gasteiger partial charge on any atom is 0.324 e. The highest BCUT2D eigenvalue weighted by Gasteiger charge is 2.36. The highest BCUT2D eigenvalue weighted by atomic mass is 16.5. The van der Waals surface area contributed by atoms with Gasteiger partial charge < -0.3 is 25.4 Å². The largest absolute Gasteiger partial charge is 0.497 e. The van der Waals surface area contributed by atoms with E-state index < -0.39 is 11.6 Å². The molecule has 0 radical (unpaired) electrons. The Morgan fingerprint density at radius 2 is 1.94 bits per heavy atom. The number of urea groups is 1. The van der Waals surface area contributed by atoms with Crippen LogP contribution < -0.4 is 25.8 Å². The molecule has 0 saturated carbocycles. The number of nitrogens with one attached hydrogen (secondary N) is 2. The summed E-state index contributed by atoms with van der Waals surface area (Å²) >= 11 is 0. The zero-order valence-corrected chi connectivity index (χ0v) is 20.0. The van der Waals surface area contributed by atoms with E-state index in [0.717, 1.165) is 0 Å². The third-order valence-corrected chi connectivity index (χ3v) is 5.35. The fraction of sp³-hybridized carbons (Fsp3) is 0.292. The second-order valence-corrected chi connectivity index (χ2v) is 8.53. The van der Waals surface area contributed by atoms with Gasteiger partial charge in [-0.2, -0.15) is 4.98 Å². The van der Waals surface area contributed by atoms with Crippen LogP contribution in [0.2, 0.25) is 0 Å². The molecule has 1 aliphatic rings. The fourth-order valence-corrected chi connectivity index (χ4v) is 3.77. The molecule has 1 aromatic carbocycles. The molecule has 0 unspecified atom stereocenters. The summed E-state index contributed by atoms with van der Waals surface area (Å²) in [6.07, 6.45) is 1.53. The zero-order valence-electron chi connectivity index (χ0n) is 20.0. The van der Waals surface area contributed by atoms with Crippen LogP contribution in [-0.2, 0) is 0 Å². The number of fused-ring (bicyclic) bond motifs is 1. The monoisotopic (exact) mass is 477 g/mol. The molecule has 0 fully saturated rings. The van der Waals surface area contributed by atoms with Gasteiger partial charge in [0.15, 0.2) is 0 Å². The molecular formula is C24H27N7O4. The van der Waals surface area contributed by atoms with Gasteiger partial charge in [0.1, 0.15) is 22.7 Å². The second kappa shape index (κ2) is 9.45. The van der Waals surface area contributed by atoms with E-state index >= 15 is 0 Å². The van der Waals surface area contributed by atoms with Crippen LogP contribution in [-0.4, -0.2) is 57.6 Å². The predicted molar refractivity (Wildman–Crippen MR) is 132 cm³/mol. The normalized spacial score (nSPS) is 14.4. The molecular weight excluding hydrogens is 450 g/mol. The average molecular weight is 478 g/mol. The highest BCUT2D eigenvalue weighted by molar-refractivity contribution is 6.03. The summed E-state index contributed by atoms with van der Waals surface area (Å²) in [5.41, 5.74) is 7.09. The van der Waals surface area contributed by atoms with Crippen molar-refractivity contribution in [2.75, 3.05) is 36.6 Å². The first-order chi connectivity index (χ1) is 16.7. The van der Waals surface area contributed by atoms with Crippen LogP contribution in [0.25, 0.3) is 11.3 Å². The van der Waals surface area contributed by atoms with Gasteiger partial charge in [-0.25, -0.2) is 14.8 Å². The lowest BCUT2D eigenvalue weighted by atomic mass is 10.0. The van der Waals surface area contributed by atoms with Gasteiger partial charge in [0, 0.05) is 30.1 Å². The van der Waals surface area contributed by atoms with E-state index in [4.69, 9.17) is 15.2 Å². The summed E-state index contributed by atoms with van der Waals surface area (Å²) in [4.78, 5) is 40.0. The van der Waals surface area contributed by atoms with Gasteiger partial charge in [-0.1, -0.05) is 12.1 Å². The van der Waals surface area contributed by atoms with Crippen molar-refractivity contribution in [2.24, 2.45) is 0 Å². The number of pyridine rings is 1. The molecule has 4 N–H and O–H groups in total. The Kier molecular flexibility index (Phi) is 6.41. The molecule has 182 valence electrons. The van der Waals surface area contributed by atoms with Crippen molar-refractivity contribution >= 4 is 29.4 Å². The Morgan fingerprint density at radius 3 is 2.63 bits per heavy atom. The topological polar surface area (TPSA) is 145 Å². The van der Waals surface area contributed by atoms with Crippen molar-refractivity contribution in [3.05, 3.63) is 48.2 Å². The van der Waals surface area contributed by atoms with Crippen molar-refractivity contribution < 1.29 is 19.1 Å². The number of likely N-dealkylation sites (N-methyl/N-ethyl adjacent to an activating group) is 1. The number of rotatable bonds is 5. The van der Waals surface area contributed by atoms with Gasteiger partial charge >= 0.3 is 6.03 Å². The lowest BCUT2D eigenvalue weighted by Gasteiger charge is -2.28. The maximum atomic E-state index is 13.3. The molecule has 11 nitrogen and oxygen atoms in total. The van der Waals surface area contributed by atoms with Crippen LogP contribution in [0, 0.1) is 0 Å². The van der Waals surface area contributed by atoms with Gasteiger partial charge in [0.25, 0.3) is 5.91 Å². The molecule has 0 aliphatic carbocycles. The Bertz CT molecular complexity index is 1260. The number of methoxy groups -OCH3 is 1. The molecule has 35 heavy (non-hydrogen) atoms. The van der Waals surface area contributed by atoms with Gasteiger partial charge in [0.05, 0.1) is 19.3 Å². The van der Waals surface area contributed by atoms with Crippen molar-refractivity contribution in [3.63, 3.8) is 0 Å². The van der Waals surface area contributed by atoms with Gasteiger partial charge in [-0.15, -0.1) is 0 Å². The van der Waals surface area contributed by atoms with E-state index in [9.17, 15) is 9.59 Å². The first kappa shape index (κ1) is 23.7. The standard InChI is InChI=1S/C24H27N7O4/c1-5-31-13-24(2,3)35-20-18(21(31)32)19(29-22(25)30-20)14-6-8-15(9-7-14)27-23(33)28-17-12-16(34-4)10-11-26-17/h6-12H,5,13H2,1-4H3,(H2,25,29,30)(H2,26,27,28,33). The van der Waals surface area contributed by atoms with E-state index in [1.165, 1.54) is 13.3 Å². The number of nitrogen functional groups attached to an aromatic ring is 1. The summed E-state index contributed by atoms with van der Waals surface area (Å²) in [6, 6.07) is 9.68. The Labute approximate surface area is 202 Å². The number of carbonyl (C=O) groups is 2. The third-order valence-electron chi connectivity index (χ3n) is 5.35. The number of amides is 3. The van der Waals surface area contributed by atoms with E-state index in [-0.39, 0.29) is 23.3 Å². The molecule has 1 aliphatic heterocycles. The number of carbonyl (C=O) groups excluding carboxylic acids is 2. The molecule has 3 aromatic rings. The fourth-order valence-electron chi connectivity index (χ4n) is 3.77. The van der Waals surface area contributed by atoms with Gasteiger partial charge in [-0.3, -0.25) is 10.1 Å². The quantitative estimate of drug-likeness (QED) is 0.507. The van der Waals surface area contributed by atoms with Crippen LogP contribution in [0.1, 0.15) is 31.1 Å². The number of ether oxygens (including phenoxy) is 2. The zero-order chi connectivity index (χ0) is 25.2. The molecule has 3 heterocycles. The minimum Gasteiger partial charge on any atom is -0.497 e. The minimum atomic E-state index is -0.645. The van der Waals surface area contributed by atoms with E-state index in [1.807, 2.05) is 20.8 Å². The number of benzene rings is 1. The van der Waals surface area contributed by atoms with E-state index in [0.29, 0.717) is 41.6 Å². The number of hydrogen-bond acceptors (Lipinski definition) is 8. The summed E-state index contributed by atoms with van der Waals surface area (Å²) in [7, 11) is 1.53. The number of nitrogens with zero attached hydrogens (tertiary/aromatic N) is 4. The van der Waals surface area contributed by atoms with Crippen LogP contribution in [0.4, 0.5) is 22.2 Å². The molecule has 4 rings (SSSR count). The third kappa shape index (κ3) is 5.24. The molecule has 11 heteroatoms. The molecule has 0 spiro atoms. The molecule has 3 amide bonds. The smallest absolute Gasteiger partial charge is 0.324 e. The van der Waals surface area contributed by atoms with E-state index in [2.05, 4.69) is 25.6 Å². The summed E-state index contributed by atoms with van der Waals surface area (Å²) in [5.74, 6) is 0.854. The predicted octanol–water partition coefficient (Wildman–Crippen LogP) is 3.41. The van der Waals surface area contributed by atoms with Gasteiger partial charge in [-0.05, 0) is 39.0 Å². The summed E-state index contributed by atoms with van der Waals surface area (Å²) in [5, 5.41) is 5.38. The van der Waals surface area contributed by atoms with Crippen LogP contribution in [0.3, 0.4) is 0 Å². The maximum absolute atomic E-state index is 13.3. The Hall–Kier alpha value is -4.41. The van der Waals surface area contributed by atoms with Gasteiger partial charge in [0.2, 0.25) is 11.8 Å². The highest BCUT2D eigenvalue weighted by Crippen LogP contribution is 2.35. The van der Waals surface area contributed by atoms with Crippen molar-refractivity contribution in [1.82, 2.24) is 19.9 Å². The van der Waals surface area contributed by atoms with Crippen molar-refractivity contribution in [3.8, 4) is 22.9 Å².